The molecule has 0 aromatic carbocycles. The molecule has 0 amide bonds. The van der Waals surface area contributed by atoms with Crippen molar-refractivity contribution in [3.63, 3.8) is 0 Å². The highest BCUT2D eigenvalue weighted by Gasteiger charge is 2.35. The molecule has 0 aliphatic carbocycles. The summed E-state index contributed by atoms with van der Waals surface area (Å²) in [4.78, 5) is 3.85. The van der Waals surface area contributed by atoms with Gasteiger partial charge in [-0.1, -0.05) is 0 Å². The fraction of sp³-hybridized carbons (Fsp3) is 0.667. The molecule has 3 nitrogen and oxygen atoms in total. The Hall–Kier alpha value is -1.14. The highest BCUT2D eigenvalue weighted by atomic mass is 19.4. The van der Waals surface area contributed by atoms with Crippen LogP contribution < -0.4 is 5.32 Å². The van der Waals surface area contributed by atoms with Gasteiger partial charge in [0.15, 0.2) is 0 Å². The fourth-order valence-electron chi connectivity index (χ4n) is 2.79. The SMILES string of the molecule is CNC(CCC1CCCCO1)c1cnccc1C(F)(F)F. The van der Waals surface area contributed by atoms with E-state index in [1.807, 2.05) is 0 Å². The van der Waals surface area contributed by atoms with Crippen molar-refractivity contribution in [2.24, 2.45) is 0 Å². The summed E-state index contributed by atoms with van der Waals surface area (Å²) in [5, 5.41) is 2.97. The molecule has 1 fully saturated rings. The van der Waals surface area contributed by atoms with Gasteiger partial charge in [0.25, 0.3) is 0 Å². The molecule has 1 N–H and O–H groups in total. The number of ether oxygens (including phenoxy) is 1. The molecule has 2 unspecified atom stereocenters. The van der Waals surface area contributed by atoms with Crippen LogP contribution in [0.5, 0.6) is 0 Å². The summed E-state index contributed by atoms with van der Waals surface area (Å²) in [6, 6.07) is 0.678. The predicted molar refractivity (Wildman–Crippen MR) is 73.9 cm³/mol. The first-order valence-corrected chi connectivity index (χ1v) is 7.32. The second-order valence-electron chi connectivity index (χ2n) is 5.37. The summed E-state index contributed by atoms with van der Waals surface area (Å²) >= 11 is 0. The van der Waals surface area contributed by atoms with Crippen LogP contribution in [0.2, 0.25) is 0 Å². The van der Waals surface area contributed by atoms with E-state index in [1.54, 1.807) is 7.05 Å². The number of halogens is 3. The summed E-state index contributed by atoms with van der Waals surface area (Å²) in [5.74, 6) is 0. The molecule has 2 rings (SSSR count). The van der Waals surface area contributed by atoms with Gasteiger partial charge in [0, 0.05) is 25.0 Å². The molecule has 0 radical (unpaired) electrons. The average molecular weight is 302 g/mol. The third-order valence-corrected chi connectivity index (χ3v) is 3.93. The highest BCUT2D eigenvalue weighted by molar-refractivity contribution is 5.29. The molecule has 2 atom stereocenters. The smallest absolute Gasteiger partial charge is 0.378 e. The first kappa shape index (κ1) is 16.2. The number of rotatable bonds is 5. The molecule has 6 heteroatoms. The maximum absolute atomic E-state index is 13.1. The lowest BCUT2D eigenvalue weighted by atomic mass is 9.95. The lowest BCUT2D eigenvalue weighted by Gasteiger charge is -2.26. The van der Waals surface area contributed by atoms with Crippen LogP contribution in [-0.4, -0.2) is 24.7 Å². The minimum absolute atomic E-state index is 0.167. The average Bonchev–Trinajstić information content (AvgIpc) is 2.48. The molecule has 1 aliphatic heterocycles. The van der Waals surface area contributed by atoms with Gasteiger partial charge in [0.05, 0.1) is 11.7 Å². The van der Waals surface area contributed by atoms with Gasteiger partial charge in [-0.25, -0.2) is 0 Å². The Balaban J connectivity index is 2.06. The molecule has 1 aromatic rings. The van der Waals surface area contributed by atoms with E-state index in [0.29, 0.717) is 6.42 Å². The molecule has 1 aliphatic rings. The Morgan fingerprint density at radius 1 is 1.43 bits per heavy atom. The zero-order valence-corrected chi connectivity index (χ0v) is 12.1. The lowest BCUT2D eigenvalue weighted by Crippen LogP contribution is -2.25. The van der Waals surface area contributed by atoms with Crippen molar-refractivity contribution in [2.45, 2.75) is 50.4 Å². The van der Waals surface area contributed by atoms with E-state index in [9.17, 15) is 13.2 Å². The van der Waals surface area contributed by atoms with Crippen LogP contribution >= 0.6 is 0 Å². The first-order chi connectivity index (χ1) is 10.0. The minimum Gasteiger partial charge on any atom is -0.378 e. The largest absolute Gasteiger partial charge is 0.416 e. The molecule has 118 valence electrons. The minimum atomic E-state index is -4.35. The Morgan fingerprint density at radius 3 is 2.86 bits per heavy atom. The maximum Gasteiger partial charge on any atom is 0.416 e. The zero-order valence-electron chi connectivity index (χ0n) is 12.1. The van der Waals surface area contributed by atoms with Crippen LogP contribution in [0.4, 0.5) is 13.2 Å². The van der Waals surface area contributed by atoms with Crippen LogP contribution in [0.25, 0.3) is 0 Å². The van der Waals surface area contributed by atoms with E-state index in [0.717, 1.165) is 38.4 Å². The summed E-state index contributed by atoms with van der Waals surface area (Å²) < 4.78 is 44.8. The fourth-order valence-corrected chi connectivity index (χ4v) is 2.79. The first-order valence-electron chi connectivity index (χ1n) is 7.32. The quantitative estimate of drug-likeness (QED) is 0.900. The second kappa shape index (κ2) is 7.22. The number of pyridine rings is 1. The summed E-state index contributed by atoms with van der Waals surface area (Å²) in [7, 11) is 1.68. The van der Waals surface area contributed by atoms with Gasteiger partial charge in [-0.3, -0.25) is 4.98 Å². The van der Waals surface area contributed by atoms with Crippen LogP contribution in [0.1, 0.15) is 49.3 Å². The molecular weight excluding hydrogens is 281 g/mol. The van der Waals surface area contributed by atoms with E-state index >= 15 is 0 Å². The zero-order chi connectivity index (χ0) is 15.3. The molecule has 0 saturated carbocycles. The third-order valence-electron chi connectivity index (χ3n) is 3.93. The van der Waals surface area contributed by atoms with Crippen LogP contribution in [0, 0.1) is 0 Å². The van der Waals surface area contributed by atoms with Gasteiger partial charge in [-0.05, 0) is 50.8 Å². The van der Waals surface area contributed by atoms with E-state index in [-0.39, 0.29) is 17.7 Å². The topological polar surface area (TPSA) is 34.1 Å². The van der Waals surface area contributed by atoms with Crippen molar-refractivity contribution in [1.29, 1.82) is 0 Å². The van der Waals surface area contributed by atoms with Crippen molar-refractivity contribution in [1.82, 2.24) is 10.3 Å². The van der Waals surface area contributed by atoms with Crippen LogP contribution in [-0.2, 0) is 10.9 Å². The Bertz CT molecular complexity index is 445. The predicted octanol–water partition coefficient (Wildman–Crippen LogP) is 3.71. The molecular formula is C15H21F3N2O. The number of nitrogens with one attached hydrogen (secondary N) is 1. The monoisotopic (exact) mass is 302 g/mol. The number of hydrogen-bond donors (Lipinski definition) is 1. The molecule has 2 heterocycles. The van der Waals surface area contributed by atoms with E-state index in [2.05, 4.69) is 10.3 Å². The van der Waals surface area contributed by atoms with E-state index < -0.39 is 11.7 Å². The highest BCUT2D eigenvalue weighted by Crippen LogP contribution is 2.35. The van der Waals surface area contributed by atoms with Gasteiger partial charge in [0.1, 0.15) is 0 Å². The second-order valence-corrected chi connectivity index (χ2v) is 5.37. The van der Waals surface area contributed by atoms with Crippen molar-refractivity contribution in [2.75, 3.05) is 13.7 Å². The van der Waals surface area contributed by atoms with E-state index in [1.165, 1.54) is 12.4 Å². The molecule has 1 saturated heterocycles. The number of hydrogen-bond acceptors (Lipinski definition) is 3. The third kappa shape index (κ3) is 4.41. The van der Waals surface area contributed by atoms with Crippen LogP contribution in [0.3, 0.4) is 0 Å². The van der Waals surface area contributed by atoms with Gasteiger partial charge >= 0.3 is 6.18 Å². The van der Waals surface area contributed by atoms with Crippen molar-refractivity contribution in [3.8, 4) is 0 Å². The van der Waals surface area contributed by atoms with E-state index in [4.69, 9.17) is 4.74 Å². The van der Waals surface area contributed by atoms with Crippen LogP contribution in [0.15, 0.2) is 18.5 Å². The van der Waals surface area contributed by atoms with Gasteiger partial charge in [-0.2, -0.15) is 13.2 Å². The van der Waals surface area contributed by atoms with Gasteiger partial charge in [-0.15, -0.1) is 0 Å². The molecule has 0 bridgehead atoms. The number of alkyl halides is 3. The Kier molecular flexibility index (Phi) is 5.58. The molecule has 21 heavy (non-hydrogen) atoms. The maximum atomic E-state index is 13.1. The number of nitrogens with zero attached hydrogens (tertiary/aromatic N) is 1. The summed E-state index contributed by atoms with van der Waals surface area (Å²) in [5.41, 5.74) is -0.398. The Morgan fingerprint density at radius 2 is 2.24 bits per heavy atom. The van der Waals surface area contributed by atoms with Crippen molar-refractivity contribution in [3.05, 3.63) is 29.6 Å². The van der Waals surface area contributed by atoms with Gasteiger partial charge < -0.3 is 10.1 Å². The van der Waals surface area contributed by atoms with Gasteiger partial charge in [0.2, 0.25) is 0 Å². The standard InChI is InChI=1S/C15H21F3N2O/c1-19-14(6-5-11-4-2-3-9-21-11)12-10-20-8-7-13(12)15(16,17)18/h7-8,10-11,14,19H,2-6,9H2,1H3. The van der Waals surface area contributed by atoms with Crippen molar-refractivity contribution < 1.29 is 17.9 Å². The van der Waals surface area contributed by atoms with Crippen molar-refractivity contribution >= 4 is 0 Å². The number of aromatic nitrogens is 1. The molecule has 1 aromatic heterocycles. The molecule has 0 spiro atoms. The normalized spacial score (nSPS) is 21.2. The Labute approximate surface area is 122 Å². The lowest BCUT2D eigenvalue weighted by molar-refractivity contribution is -0.138. The summed E-state index contributed by atoms with van der Waals surface area (Å²) in [6.07, 6.45) is 2.88. The summed E-state index contributed by atoms with van der Waals surface area (Å²) in [6.45, 7) is 0.760.